The molecule has 1 fully saturated rings. The Bertz CT molecular complexity index is 1170. The largest absolute Gasteiger partial charge is 0.493 e. The fourth-order valence-corrected chi connectivity index (χ4v) is 5.39. The third-order valence-corrected chi connectivity index (χ3v) is 6.42. The number of hydrogen-bond donors (Lipinski definition) is 2. The van der Waals surface area contributed by atoms with Crippen LogP contribution >= 0.6 is 12.2 Å². The topological polar surface area (TPSA) is 72.8 Å². The van der Waals surface area contributed by atoms with Crippen LogP contribution in [0.3, 0.4) is 0 Å². The van der Waals surface area contributed by atoms with Gasteiger partial charge in [0.25, 0.3) is 0 Å². The summed E-state index contributed by atoms with van der Waals surface area (Å²) in [6.45, 7) is 8.91. The average molecular weight is 436 g/mol. The Morgan fingerprint density at radius 2 is 1.87 bits per heavy atom. The first-order chi connectivity index (χ1) is 14.7. The van der Waals surface area contributed by atoms with Crippen LogP contribution in [-0.2, 0) is 5.41 Å². The minimum atomic E-state index is 0.0975. The van der Waals surface area contributed by atoms with Crippen LogP contribution in [0.1, 0.15) is 47.8 Å². The summed E-state index contributed by atoms with van der Waals surface area (Å²) in [5.74, 6) is 1.65. The van der Waals surface area contributed by atoms with Crippen molar-refractivity contribution in [3.05, 3.63) is 64.4 Å². The van der Waals surface area contributed by atoms with Gasteiger partial charge in [0.1, 0.15) is 5.71 Å². The summed E-state index contributed by atoms with van der Waals surface area (Å²) in [6, 6.07) is 12.4. The number of fused-ring (bicyclic) bond motifs is 1. The fourth-order valence-electron chi connectivity index (χ4n) is 5.34. The maximum atomic E-state index is 6.20. The van der Waals surface area contributed by atoms with Crippen molar-refractivity contribution in [3.63, 3.8) is 0 Å². The van der Waals surface area contributed by atoms with Crippen LogP contribution in [0, 0.1) is 26.7 Å². The molecule has 0 radical (unpaired) electrons. The maximum absolute atomic E-state index is 6.20. The molecule has 3 N–H and O–H groups in total. The van der Waals surface area contributed by atoms with Gasteiger partial charge in [-0.15, -0.1) is 0 Å². The van der Waals surface area contributed by atoms with E-state index < -0.39 is 0 Å². The summed E-state index contributed by atoms with van der Waals surface area (Å²) in [7, 11) is 1.64. The van der Waals surface area contributed by atoms with Gasteiger partial charge in [0.2, 0.25) is 0 Å². The zero-order valence-corrected chi connectivity index (χ0v) is 19.5. The lowest BCUT2D eigenvalue weighted by molar-refractivity contribution is 0.214. The molecule has 0 unspecified atom stereocenters. The van der Waals surface area contributed by atoms with E-state index in [9.17, 15) is 0 Å². The first-order valence-corrected chi connectivity index (χ1v) is 10.9. The standard InChI is InChI=1S/C25H29N3O2S/c1-14-9-15(2)21(16(3)10-14)25(4)12-18(13-25)22(27-28-24(26)31)20-11-17-7-6-8-19(29-5)23(17)30-20/h6-11,18H,12-13H2,1-5H3,(H3,26,28,31)/b27-22+. The Kier molecular flexibility index (Phi) is 5.52. The zero-order chi connectivity index (χ0) is 22.3. The number of ether oxygens (including phenoxy) is 1. The highest BCUT2D eigenvalue weighted by molar-refractivity contribution is 7.80. The lowest BCUT2D eigenvalue weighted by atomic mass is 9.57. The second kappa shape index (κ2) is 8.00. The fraction of sp³-hybridized carbons (Fsp3) is 0.360. The molecule has 0 bridgehead atoms. The Labute approximate surface area is 188 Å². The van der Waals surface area contributed by atoms with Gasteiger partial charge in [-0.25, -0.2) is 0 Å². The van der Waals surface area contributed by atoms with Gasteiger partial charge in [-0.05, 0) is 80.1 Å². The van der Waals surface area contributed by atoms with Crippen LogP contribution in [0.15, 0.2) is 45.9 Å². The number of methoxy groups -OCH3 is 1. The predicted molar refractivity (Wildman–Crippen MR) is 130 cm³/mol. The lowest BCUT2D eigenvalue weighted by Gasteiger charge is -2.47. The van der Waals surface area contributed by atoms with E-state index in [1.165, 1.54) is 22.3 Å². The predicted octanol–water partition coefficient (Wildman–Crippen LogP) is 5.27. The van der Waals surface area contributed by atoms with Crippen LogP contribution in [0.25, 0.3) is 11.0 Å². The molecule has 31 heavy (non-hydrogen) atoms. The molecule has 5 nitrogen and oxygen atoms in total. The molecule has 1 saturated carbocycles. The molecule has 1 aromatic heterocycles. The second-order valence-electron chi connectivity index (χ2n) is 8.90. The Morgan fingerprint density at radius 3 is 2.48 bits per heavy atom. The molecule has 6 heteroatoms. The normalized spacial score (nSPS) is 21.1. The number of nitrogens with zero attached hydrogens (tertiary/aromatic N) is 1. The van der Waals surface area contributed by atoms with Crippen molar-refractivity contribution in [1.29, 1.82) is 0 Å². The van der Waals surface area contributed by atoms with E-state index in [1.807, 2.05) is 24.3 Å². The first kappa shape index (κ1) is 21.4. The minimum Gasteiger partial charge on any atom is -0.493 e. The molecule has 0 spiro atoms. The van der Waals surface area contributed by atoms with Gasteiger partial charge in [0, 0.05) is 11.3 Å². The molecule has 3 aromatic rings. The lowest BCUT2D eigenvalue weighted by Crippen LogP contribution is -2.44. The number of aryl methyl sites for hydroxylation is 3. The van der Waals surface area contributed by atoms with E-state index in [-0.39, 0.29) is 16.4 Å². The summed E-state index contributed by atoms with van der Waals surface area (Å²) in [5, 5.41) is 5.66. The number of rotatable bonds is 5. The maximum Gasteiger partial charge on any atom is 0.184 e. The monoisotopic (exact) mass is 435 g/mol. The highest BCUT2D eigenvalue weighted by atomic mass is 32.1. The van der Waals surface area contributed by atoms with Gasteiger partial charge >= 0.3 is 0 Å². The summed E-state index contributed by atoms with van der Waals surface area (Å²) >= 11 is 4.99. The van der Waals surface area contributed by atoms with Crippen molar-refractivity contribution in [2.75, 3.05) is 7.11 Å². The van der Waals surface area contributed by atoms with E-state index in [1.54, 1.807) is 7.11 Å². The van der Waals surface area contributed by atoms with Gasteiger partial charge in [-0.3, -0.25) is 5.43 Å². The molecular formula is C25H29N3O2S. The number of nitrogens with two attached hydrogens (primary N) is 1. The average Bonchev–Trinajstić information content (AvgIpc) is 3.09. The smallest absolute Gasteiger partial charge is 0.184 e. The van der Waals surface area contributed by atoms with Gasteiger partial charge in [0.15, 0.2) is 22.2 Å². The van der Waals surface area contributed by atoms with Crippen molar-refractivity contribution >= 4 is 34.0 Å². The van der Waals surface area contributed by atoms with Gasteiger partial charge in [-0.2, -0.15) is 5.10 Å². The molecule has 4 rings (SSSR count). The Balaban J connectivity index is 1.69. The molecule has 162 valence electrons. The SMILES string of the molecule is COc1cccc2cc(/C(=N/NC(N)=S)C3CC(C)(c4c(C)cc(C)cc4C)C3)oc12. The van der Waals surface area contributed by atoms with Crippen LogP contribution in [-0.4, -0.2) is 17.9 Å². The van der Waals surface area contributed by atoms with Crippen LogP contribution in [0.5, 0.6) is 5.75 Å². The molecule has 1 aliphatic rings. The summed E-state index contributed by atoms with van der Waals surface area (Å²) in [6.07, 6.45) is 1.95. The van der Waals surface area contributed by atoms with Crippen molar-refractivity contribution < 1.29 is 9.15 Å². The quantitative estimate of drug-likeness (QED) is 0.324. The number of thiocarbonyl (C=S) groups is 1. The first-order valence-electron chi connectivity index (χ1n) is 10.5. The van der Waals surface area contributed by atoms with E-state index in [0.717, 1.165) is 29.5 Å². The van der Waals surface area contributed by atoms with E-state index in [2.05, 4.69) is 50.4 Å². The Hall–Kier alpha value is -2.86. The van der Waals surface area contributed by atoms with Crippen LogP contribution in [0.2, 0.25) is 0 Å². The van der Waals surface area contributed by atoms with Crippen molar-refractivity contribution in [1.82, 2.24) is 5.43 Å². The molecule has 0 amide bonds. The minimum absolute atomic E-state index is 0.0975. The van der Waals surface area contributed by atoms with Crippen molar-refractivity contribution in [2.24, 2.45) is 16.8 Å². The number of nitrogens with one attached hydrogen (secondary N) is 1. The van der Waals surface area contributed by atoms with Crippen molar-refractivity contribution in [3.8, 4) is 5.75 Å². The second-order valence-corrected chi connectivity index (χ2v) is 9.34. The molecular weight excluding hydrogens is 406 g/mol. The highest BCUT2D eigenvalue weighted by Gasteiger charge is 2.46. The number of para-hydroxylation sites is 1. The molecule has 1 heterocycles. The summed E-state index contributed by atoms with van der Waals surface area (Å²) in [5.41, 5.74) is 15.5. The number of benzene rings is 2. The number of furan rings is 1. The number of hydrazone groups is 1. The molecule has 0 atom stereocenters. The third-order valence-electron chi connectivity index (χ3n) is 6.33. The molecule has 2 aromatic carbocycles. The third kappa shape index (κ3) is 3.92. The van der Waals surface area contributed by atoms with E-state index in [0.29, 0.717) is 11.5 Å². The highest BCUT2D eigenvalue weighted by Crippen LogP contribution is 2.51. The van der Waals surface area contributed by atoms with E-state index in [4.69, 9.17) is 27.1 Å². The molecule has 1 aliphatic carbocycles. The van der Waals surface area contributed by atoms with Gasteiger partial charge in [0.05, 0.1) is 7.11 Å². The summed E-state index contributed by atoms with van der Waals surface area (Å²) < 4.78 is 11.7. The van der Waals surface area contributed by atoms with Crippen LogP contribution in [0.4, 0.5) is 0 Å². The van der Waals surface area contributed by atoms with E-state index >= 15 is 0 Å². The molecule has 0 aliphatic heterocycles. The number of hydrogen-bond acceptors (Lipinski definition) is 4. The zero-order valence-electron chi connectivity index (χ0n) is 18.7. The van der Waals surface area contributed by atoms with Gasteiger partial charge in [-0.1, -0.05) is 36.8 Å². The Morgan fingerprint density at radius 1 is 1.19 bits per heavy atom. The molecule has 0 saturated heterocycles. The van der Waals surface area contributed by atoms with Gasteiger partial charge < -0.3 is 14.9 Å². The van der Waals surface area contributed by atoms with Crippen molar-refractivity contribution in [2.45, 2.75) is 46.0 Å². The van der Waals surface area contributed by atoms with Crippen LogP contribution < -0.4 is 15.9 Å². The summed E-state index contributed by atoms with van der Waals surface area (Å²) in [4.78, 5) is 0.